The lowest BCUT2D eigenvalue weighted by atomic mass is 10.2. The lowest BCUT2D eigenvalue weighted by Crippen LogP contribution is -2.33. The zero-order valence-electron chi connectivity index (χ0n) is 9.76. The van der Waals surface area contributed by atoms with Crippen molar-refractivity contribution in [3.8, 4) is 0 Å². The summed E-state index contributed by atoms with van der Waals surface area (Å²) < 4.78 is 40.3. The Morgan fingerprint density at radius 3 is 3.00 bits per heavy atom. The van der Waals surface area contributed by atoms with E-state index in [1.807, 2.05) is 4.90 Å². The van der Waals surface area contributed by atoms with Crippen molar-refractivity contribution >= 4 is 17.0 Å². The van der Waals surface area contributed by atoms with Gasteiger partial charge in [-0.15, -0.1) is 0 Å². The molecule has 1 fully saturated rings. The maximum Gasteiger partial charge on any atom is 0.232 e. The summed E-state index contributed by atoms with van der Waals surface area (Å²) in [5.74, 6) is -0.393. The summed E-state index contributed by atoms with van der Waals surface area (Å²) in [4.78, 5) is 1.95. The Morgan fingerprint density at radius 2 is 2.39 bits per heavy atom. The Kier molecular flexibility index (Phi) is 4.65. The molecule has 5 nitrogen and oxygen atoms in total. The van der Waals surface area contributed by atoms with Crippen molar-refractivity contribution in [1.82, 2.24) is 4.72 Å². The van der Waals surface area contributed by atoms with Gasteiger partial charge < -0.3 is 9.64 Å². The minimum absolute atomic E-state index is 0.0196. The van der Waals surface area contributed by atoms with Crippen molar-refractivity contribution in [2.45, 2.75) is 13.0 Å². The Bertz CT molecular complexity index is 438. The normalized spacial score (nSPS) is 17.8. The maximum atomic E-state index is 13.8. The van der Waals surface area contributed by atoms with Crippen molar-refractivity contribution in [3.63, 3.8) is 0 Å². The van der Waals surface area contributed by atoms with E-state index in [0.717, 1.165) is 25.3 Å². The van der Waals surface area contributed by atoms with E-state index in [-0.39, 0.29) is 6.54 Å². The molecule has 1 heterocycles. The van der Waals surface area contributed by atoms with Crippen LogP contribution in [0.5, 0.6) is 0 Å². The first-order valence-corrected chi connectivity index (χ1v) is 6.73. The third kappa shape index (κ3) is 3.49. The summed E-state index contributed by atoms with van der Waals surface area (Å²) >= 11 is -2.13. The number of benzene rings is 1. The average molecular weight is 274 g/mol. The second-order valence-electron chi connectivity index (χ2n) is 4.00. The molecule has 1 unspecified atom stereocenters. The van der Waals surface area contributed by atoms with Gasteiger partial charge in [0.1, 0.15) is 12.5 Å². The number of hydrogen-bond acceptors (Lipinski definition) is 3. The number of anilines is 1. The van der Waals surface area contributed by atoms with E-state index in [4.69, 9.17) is 9.29 Å². The highest BCUT2D eigenvalue weighted by Gasteiger charge is 2.13. The Morgan fingerprint density at radius 1 is 1.56 bits per heavy atom. The molecule has 0 saturated carbocycles. The second kappa shape index (κ2) is 6.24. The van der Waals surface area contributed by atoms with Gasteiger partial charge >= 0.3 is 0 Å². The molecule has 18 heavy (non-hydrogen) atoms. The first kappa shape index (κ1) is 13.4. The molecule has 1 aliphatic heterocycles. The number of rotatable bonds is 4. The van der Waals surface area contributed by atoms with Gasteiger partial charge in [0.2, 0.25) is 11.3 Å². The average Bonchev–Trinajstić information content (AvgIpc) is 2.38. The number of nitrogens with zero attached hydrogens (tertiary/aromatic N) is 1. The highest BCUT2D eigenvalue weighted by molar-refractivity contribution is 7.77. The first-order chi connectivity index (χ1) is 8.66. The van der Waals surface area contributed by atoms with Gasteiger partial charge in [0.15, 0.2) is 0 Å². The molecule has 0 amide bonds. The minimum atomic E-state index is -2.13. The number of nitrogens with one attached hydrogen (secondary N) is 1. The third-order valence-electron chi connectivity index (χ3n) is 2.75. The van der Waals surface area contributed by atoms with E-state index in [9.17, 15) is 8.60 Å². The molecule has 0 bridgehead atoms. The quantitative estimate of drug-likeness (QED) is 0.811. The van der Waals surface area contributed by atoms with Crippen molar-refractivity contribution in [3.05, 3.63) is 29.6 Å². The molecule has 1 atom stereocenters. The molecule has 7 heteroatoms. The number of halogens is 1. The monoisotopic (exact) mass is 274 g/mol. The van der Waals surface area contributed by atoms with Crippen molar-refractivity contribution in [2.75, 3.05) is 24.8 Å². The van der Waals surface area contributed by atoms with Gasteiger partial charge in [-0.3, -0.25) is 4.55 Å². The van der Waals surface area contributed by atoms with E-state index in [1.165, 1.54) is 6.07 Å². The maximum absolute atomic E-state index is 13.8. The second-order valence-corrected chi connectivity index (χ2v) is 4.79. The Hall–Kier alpha value is -1.02. The highest BCUT2D eigenvalue weighted by atomic mass is 32.2. The molecule has 0 aliphatic carbocycles. The Labute approximate surface area is 107 Å². The van der Waals surface area contributed by atoms with Gasteiger partial charge in [-0.2, -0.15) is 0 Å². The summed E-state index contributed by atoms with van der Waals surface area (Å²) in [5.41, 5.74) is 1.13. The summed E-state index contributed by atoms with van der Waals surface area (Å²) in [6.07, 6.45) is 0.925. The van der Waals surface area contributed by atoms with Gasteiger partial charge in [-0.1, -0.05) is 6.07 Å². The standard InChI is InChI=1S/C11H15FN2O3S/c12-11-6-10(14-4-1-5-17-8-14)3-2-9(11)7-13-18(15)16/h2-3,6,13H,1,4-5,7-8H2,(H,15,16). The van der Waals surface area contributed by atoms with Crippen molar-refractivity contribution in [2.24, 2.45) is 0 Å². The van der Waals surface area contributed by atoms with Gasteiger partial charge in [0.25, 0.3) is 0 Å². The lowest BCUT2D eigenvalue weighted by Gasteiger charge is -2.28. The Balaban J connectivity index is 2.06. The van der Waals surface area contributed by atoms with Gasteiger partial charge in [-0.05, 0) is 18.6 Å². The molecule has 1 aliphatic rings. The fraction of sp³-hybridized carbons (Fsp3) is 0.455. The molecule has 1 saturated heterocycles. The van der Waals surface area contributed by atoms with Gasteiger partial charge in [0.05, 0.1) is 6.61 Å². The largest absolute Gasteiger partial charge is 0.361 e. The molecule has 1 aromatic rings. The van der Waals surface area contributed by atoms with Crippen LogP contribution in [-0.4, -0.2) is 28.6 Å². The van der Waals surface area contributed by atoms with Gasteiger partial charge in [-0.25, -0.2) is 13.3 Å². The fourth-order valence-corrected chi connectivity index (χ4v) is 2.10. The third-order valence-corrected chi connectivity index (χ3v) is 3.14. The highest BCUT2D eigenvalue weighted by Crippen LogP contribution is 2.20. The number of hydrogen-bond donors (Lipinski definition) is 2. The van der Waals surface area contributed by atoms with Crippen LogP contribution in [0.1, 0.15) is 12.0 Å². The molecule has 2 N–H and O–H groups in total. The first-order valence-electron chi connectivity index (χ1n) is 5.62. The SMILES string of the molecule is O=S(O)NCc1ccc(N2CCCOC2)cc1F. The molecule has 1 aromatic carbocycles. The molecule has 0 radical (unpaired) electrons. The van der Waals surface area contributed by atoms with E-state index in [0.29, 0.717) is 12.3 Å². The van der Waals surface area contributed by atoms with Crippen LogP contribution in [0.15, 0.2) is 18.2 Å². The van der Waals surface area contributed by atoms with Crippen LogP contribution in [0.2, 0.25) is 0 Å². The van der Waals surface area contributed by atoms with E-state index >= 15 is 0 Å². The van der Waals surface area contributed by atoms with Crippen LogP contribution < -0.4 is 9.62 Å². The van der Waals surface area contributed by atoms with Crippen LogP contribution >= 0.6 is 0 Å². The minimum Gasteiger partial charge on any atom is -0.361 e. The zero-order valence-corrected chi connectivity index (χ0v) is 10.6. The van der Waals surface area contributed by atoms with Crippen molar-refractivity contribution < 1.29 is 17.9 Å². The smallest absolute Gasteiger partial charge is 0.232 e. The zero-order chi connectivity index (χ0) is 13.0. The van der Waals surface area contributed by atoms with Crippen LogP contribution in [0, 0.1) is 5.82 Å². The van der Waals surface area contributed by atoms with Crippen LogP contribution in [0.3, 0.4) is 0 Å². The van der Waals surface area contributed by atoms with Crippen molar-refractivity contribution in [1.29, 1.82) is 0 Å². The molecule has 100 valence electrons. The summed E-state index contributed by atoms with van der Waals surface area (Å²) in [6, 6.07) is 4.82. The lowest BCUT2D eigenvalue weighted by molar-refractivity contribution is 0.107. The van der Waals surface area contributed by atoms with E-state index in [2.05, 4.69) is 4.72 Å². The van der Waals surface area contributed by atoms with E-state index < -0.39 is 17.1 Å². The van der Waals surface area contributed by atoms with Crippen LogP contribution in [-0.2, 0) is 22.5 Å². The molecule has 2 rings (SSSR count). The van der Waals surface area contributed by atoms with E-state index in [1.54, 1.807) is 12.1 Å². The summed E-state index contributed by atoms with van der Waals surface area (Å²) in [5, 5.41) is 0. The topological polar surface area (TPSA) is 61.8 Å². The van der Waals surface area contributed by atoms with Crippen LogP contribution in [0.25, 0.3) is 0 Å². The van der Waals surface area contributed by atoms with Crippen LogP contribution in [0.4, 0.5) is 10.1 Å². The number of ether oxygens (including phenoxy) is 1. The molecule has 0 aromatic heterocycles. The van der Waals surface area contributed by atoms with Gasteiger partial charge in [0, 0.05) is 24.3 Å². The predicted molar refractivity (Wildman–Crippen MR) is 66.8 cm³/mol. The summed E-state index contributed by atoms with van der Waals surface area (Å²) in [7, 11) is 0. The predicted octanol–water partition coefficient (Wildman–Crippen LogP) is 1.24. The summed E-state index contributed by atoms with van der Waals surface area (Å²) in [6.45, 7) is 2.07. The molecular formula is C11H15FN2O3S. The molecule has 0 spiro atoms. The molecular weight excluding hydrogens is 259 g/mol. The fourth-order valence-electron chi connectivity index (χ4n) is 1.82.